The van der Waals surface area contributed by atoms with Crippen molar-refractivity contribution in [1.82, 2.24) is 9.80 Å². The van der Waals surface area contributed by atoms with E-state index in [9.17, 15) is 18.8 Å². The molecule has 0 bridgehead atoms. The van der Waals surface area contributed by atoms with Gasteiger partial charge in [-0.25, -0.2) is 4.39 Å². The second kappa shape index (κ2) is 10.2. The molecule has 1 saturated heterocycles. The highest BCUT2D eigenvalue weighted by Gasteiger charge is 2.30. The van der Waals surface area contributed by atoms with E-state index in [2.05, 4.69) is 0 Å². The van der Waals surface area contributed by atoms with Gasteiger partial charge in [-0.2, -0.15) is 0 Å². The fourth-order valence-corrected chi connectivity index (χ4v) is 5.01. The molecule has 0 radical (unpaired) electrons. The van der Waals surface area contributed by atoms with Crippen molar-refractivity contribution in [2.24, 2.45) is 5.92 Å². The summed E-state index contributed by atoms with van der Waals surface area (Å²) in [6, 6.07) is 4.72. The summed E-state index contributed by atoms with van der Waals surface area (Å²) >= 11 is 1.20. The highest BCUT2D eigenvalue weighted by molar-refractivity contribution is 7.21. The van der Waals surface area contributed by atoms with E-state index in [4.69, 9.17) is 9.47 Å². The Labute approximate surface area is 184 Å². The van der Waals surface area contributed by atoms with Crippen molar-refractivity contribution in [2.75, 3.05) is 40.4 Å². The van der Waals surface area contributed by atoms with Crippen molar-refractivity contribution in [2.45, 2.75) is 26.4 Å². The number of thiophene rings is 1. The molecule has 1 fully saturated rings. The van der Waals surface area contributed by atoms with Crippen LogP contribution in [0.1, 0.15) is 35.0 Å². The Bertz CT molecular complexity index is 968. The monoisotopic (exact) mass is 450 g/mol. The Morgan fingerprint density at radius 2 is 1.97 bits per heavy atom. The van der Waals surface area contributed by atoms with Gasteiger partial charge in [0.2, 0.25) is 5.91 Å². The second-order valence-electron chi connectivity index (χ2n) is 7.52. The molecule has 2 heterocycles. The van der Waals surface area contributed by atoms with Gasteiger partial charge in [-0.3, -0.25) is 14.4 Å². The fraction of sp³-hybridized carbons (Fsp3) is 0.500. The van der Waals surface area contributed by atoms with Crippen LogP contribution in [-0.2, 0) is 25.7 Å². The van der Waals surface area contributed by atoms with E-state index in [0.29, 0.717) is 53.1 Å². The standard InChI is InChI=1S/C22H27FN2O5S/c1-4-30-22(28)14-8-10-25(11-9-14)18(26)12-24(2)21(27)20-15(13-29-3)19-16(23)6-5-7-17(19)31-20/h5-7,14H,4,8-13H2,1-3H3. The molecule has 1 aliphatic rings. The molecule has 1 aromatic carbocycles. The molecule has 0 unspecified atom stereocenters. The lowest BCUT2D eigenvalue weighted by molar-refractivity contribution is -0.151. The zero-order valence-electron chi connectivity index (χ0n) is 18.0. The van der Waals surface area contributed by atoms with Crippen LogP contribution in [0.2, 0.25) is 0 Å². The Kier molecular flexibility index (Phi) is 7.61. The summed E-state index contributed by atoms with van der Waals surface area (Å²) in [7, 11) is 3.05. The first-order valence-corrected chi connectivity index (χ1v) is 11.1. The van der Waals surface area contributed by atoms with Crippen LogP contribution in [0.15, 0.2) is 18.2 Å². The van der Waals surface area contributed by atoms with Gasteiger partial charge >= 0.3 is 5.97 Å². The number of ether oxygens (including phenoxy) is 2. The highest BCUT2D eigenvalue weighted by atomic mass is 32.1. The zero-order valence-corrected chi connectivity index (χ0v) is 18.8. The lowest BCUT2D eigenvalue weighted by Crippen LogP contribution is -2.45. The van der Waals surface area contributed by atoms with Crippen LogP contribution >= 0.6 is 11.3 Å². The Hall–Kier alpha value is -2.52. The van der Waals surface area contributed by atoms with Crippen LogP contribution in [0.25, 0.3) is 10.1 Å². The van der Waals surface area contributed by atoms with Crippen molar-refractivity contribution in [3.8, 4) is 0 Å². The second-order valence-corrected chi connectivity index (χ2v) is 8.58. The van der Waals surface area contributed by atoms with Gasteiger partial charge in [-0.15, -0.1) is 11.3 Å². The lowest BCUT2D eigenvalue weighted by atomic mass is 9.97. The number of benzene rings is 1. The summed E-state index contributed by atoms with van der Waals surface area (Å²) in [5, 5.41) is 0.387. The van der Waals surface area contributed by atoms with E-state index in [-0.39, 0.29) is 36.9 Å². The van der Waals surface area contributed by atoms with Crippen LogP contribution in [0.3, 0.4) is 0 Å². The number of methoxy groups -OCH3 is 1. The molecule has 31 heavy (non-hydrogen) atoms. The SMILES string of the molecule is CCOC(=O)C1CCN(C(=O)CN(C)C(=O)c2sc3cccc(F)c3c2COC)CC1. The number of rotatable bonds is 7. The van der Waals surface area contributed by atoms with Gasteiger partial charge in [0.15, 0.2) is 0 Å². The number of carbonyl (C=O) groups is 3. The average molecular weight is 451 g/mol. The van der Waals surface area contributed by atoms with Crippen LogP contribution in [0.5, 0.6) is 0 Å². The minimum Gasteiger partial charge on any atom is -0.466 e. The number of hydrogen-bond acceptors (Lipinski definition) is 6. The lowest BCUT2D eigenvalue weighted by Gasteiger charge is -2.32. The molecule has 168 valence electrons. The minimum atomic E-state index is -0.400. The number of amides is 2. The molecule has 3 rings (SSSR count). The molecule has 0 spiro atoms. The number of piperidine rings is 1. The third-order valence-electron chi connectivity index (χ3n) is 5.43. The molecule has 7 nitrogen and oxygen atoms in total. The van der Waals surface area contributed by atoms with E-state index in [1.807, 2.05) is 0 Å². The number of likely N-dealkylation sites (tertiary alicyclic amines) is 1. The van der Waals surface area contributed by atoms with Crippen molar-refractivity contribution < 1.29 is 28.2 Å². The largest absolute Gasteiger partial charge is 0.466 e. The molecule has 0 aliphatic carbocycles. The first-order valence-electron chi connectivity index (χ1n) is 10.3. The number of nitrogens with zero attached hydrogens (tertiary/aromatic N) is 2. The van der Waals surface area contributed by atoms with E-state index in [1.54, 1.807) is 31.0 Å². The van der Waals surface area contributed by atoms with Crippen LogP contribution in [0, 0.1) is 11.7 Å². The maximum absolute atomic E-state index is 14.4. The van der Waals surface area contributed by atoms with Gasteiger partial charge in [0.05, 0.1) is 30.6 Å². The molecular weight excluding hydrogens is 423 g/mol. The van der Waals surface area contributed by atoms with E-state index in [0.717, 1.165) is 0 Å². The summed E-state index contributed by atoms with van der Waals surface area (Å²) in [5.74, 6) is -1.33. The number of fused-ring (bicyclic) bond motifs is 1. The van der Waals surface area contributed by atoms with Gasteiger partial charge in [0, 0.05) is 42.9 Å². The molecule has 0 saturated carbocycles. The maximum atomic E-state index is 14.4. The number of likely N-dealkylation sites (N-methyl/N-ethyl adjacent to an activating group) is 1. The maximum Gasteiger partial charge on any atom is 0.309 e. The first-order chi connectivity index (χ1) is 14.9. The third kappa shape index (κ3) is 5.04. The predicted molar refractivity (Wildman–Crippen MR) is 115 cm³/mol. The highest BCUT2D eigenvalue weighted by Crippen LogP contribution is 2.34. The van der Waals surface area contributed by atoms with Crippen molar-refractivity contribution in [1.29, 1.82) is 0 Å². The topological polar surface area (TPSA) is 76.2 Å². The summed E-state index contributed by atoms with van der Waals surface area (Å²) in [6.45, 7) is 3.03. The van der Waals surface area contributed by atoms with Crippen molar-refractivity contribution in [3.63, 3.8) is 0 Å². The van der Waals surface area contributed by atoms with Crippen LogP contribution in [0.4, 0.5) is 4.39 Å². The van der Waals surface area contributed by atoms with Gasteiger partial charge < -0.3 is 19.3 Å². The smallest absolute Gasteiger partial charge is 0.309 e. The molecule has 2 amide bonds. The van der Waals surface area contributed by atoms with Gasteiger partial charge in [0.25, 0.3) is 5.91 Å². The zero-order chi connectivity index (χ0) is 22.5. The quantitative estimate of drug-likeness (QED) is 0.606. The molecule has 9 heteroatoms. The molecular formula is C22H27FN2O5S. The van der Waals surface area contributed by atoms with E-state index in [1.165, 1.54) is 29.4 Å². The average Bonchev–Trinajstić information content (AvgIpc) is 3.13. The van der Waals surface area contributed by atoms with Crippen molar-refractivity contribution >= 4 is 39.2 Å². The van der Waals surface area contributed by atoms with Crippen molar-refractivity contribution in [3.05, 3.63) is 34.5 Å². The summed E-state index contributed by atoms with van der Waals surface area (Å²) in [5.41, 5.74) is 0.500. The Morgan fingerprint density at radius 1 is 1.26 bits per heavy atom. The summed E-state index contributed by atoms with van der Waals surface area (Å²) < 4.78 is 25.3. The predicted octanol–water partition coefficient (Wildman–Crippen LogP) is 3.06. The first kappa shape index (κ1) is 23.1. The third-order valence-corrected chi connectivity index (χ3v) is 6.62. The van der Waals surface area contributed by atoms with Crippen LogP contribution < -0.4 is 0 Å². The normalized spacial score (nSPS) is 14.6. The number of carbonyl (C=O) groups excluding carboxylic acids is 3. The summed E-state index contributed by atoms with van der Waals surface area (Å²) in [4.78, 5) is 41.1. The molecule has 1 aliphatic heterocycles. The molecule has 0 atom stereocenters. The van der Waals surface area contributed by atoms with Gasteiger partial charge in [-0.05, 0) is 31.9 Å². The number of esters is 1. The van der Waals surface area contributed by atoms with Crippen LogP contribution in [-0.4, -0.2) is 68.0 Å². The number of hydrogen-bond donors (Lipinski definition) is 0. The Balaban J connectivity index is 1.67. The Morgan fingerprint density at radius 3 is 2.61 bits per heavy atom. The molecule has 0 N–H and O–H groups in total. The fourth-order valence-electron chi connectivity index (χ4n) is 3.79. The molecule has 2 aromatic rings. The molecule has 1 aromatic heterocycles. The summed E-state index contributed by atoms with van der Waals surface area (Å²) in [6.07, 6.45) is 1.10. The van der Waals surface area contributed by atoms with Gasteiger partial charge in [-0.1, -0.05) is 6.07 Å². The number of halogens is 1. The van der Waals surface area contributed by atoms with E-state index < -0.39 is 5.82 Å². The van der Waals surface area contributed by atoms with Gasteiger partial charge in [0.1, 0.15) is 5.82 Å². The minimum absolute atomic E-state index is 0.0912. The van der Waals surface area contributed by atoms with E-state index >= 15 is 0 Å².